The fraction of sp³-hybridized carbons (Fsp3) is 0.818. The zero-order valence-corrected chi connectivity index (χ0v) is 8.43. The van der Waals surface area contributed by atoms with Crippen LogP contribution in [0.2, 0.25) is 0 Å². The van der Waals surface area contributed by atoms with Crippen LogP contribution >= 0.6 is 0 Å². The van der Waals surface area contributed by atoms with Crippen LogP contribution in [0.25, 0.3) is 0 Å². The van der Waals surface area contributed by atoms with Crippen LogP contribution in [-0.2, 0) is 0 Å². The molecule has 12 heavy (non-hydrogen) atoms. The lowest BCUT2D eigenvalue weighted by atomic mass is 9.69. The van der Waals surface area contributed by atoms with E-state index in [4.69, 9.17) is 0 Å². The van der Waals surface area contributed by atoms with Crippen molar-refractivity contribution in [2.45, 2.75) is 45.6 Å². The minimum atomic E-state index is -0.577. The molecule has 0 aromatic carbocycles. The summed E-state index contributed by atoms with van der Waals surface area (Å²) in [6, 6.07) is 0. The molecule has 1 aliphatic carbocycles. The van der Waals surface area contributed by atoms with Gasteiger partial charge in [0.15, 0.2) is 0 Å². The SMILES string of the molecule is C=C(C)C1(O)CCC(C)CC1C. The lowest BCUT2D eigenvalue weighted by Crippen LogP contribution is -2.41. The van der Waals surface area contributed by atoms with Gasteiger partial charge in [0.05, 0.1) is 5.60 Å². The molecule has 1 saturated carbocycles. The summed E-state index contributed by atoms with van der Waals surface area (Å²) >= 11 is 0. The van der Waals surface area contributed by atoms with E-state index >= 15 is 0 Å². The van der Waals surface area contributed by atoms with Gasteiger partial charge < -0.3 is 5.11 Å². The van der Waals surface area contributed by atoms with Gasteiger partial charge in [-0.3, -0.25) is 0 Å². The van der Waals surface area contributed by atoms with E-state index in [1.807, 2.05) is 6.92 Å². The number of hydrogen-bond donors (Lipinski definition) is 1. The normalized spacial score (nSPS) is 42.7. The number of hydrogen-bond acceptors (Lipinski definition) is 1. The largest absolute Gasteiger partial charge is 0.385 e. The third-order valence-corrected chi connectivity index (χ3v) is 3.33. The highest BCUT2D eigenvalue weighted by molar-refractivity contribution is 5.13. The third-order valence-electron chi connectivity index (χ3n) is 3.33. The molecule has 0 aliphatic heterocycles. The Morgan fingerprint density at radius 1 is 1.50 bits per heavy atom. The monoisotopic (exact) mass is 168 g/mol. The molecule has 1 rings (SSSR count). The predicted octanol–water partition coefficient (Wildman–Crippen LogP) is 2.75. The Labute approximate surface area is 75.5 Å². The van der Waals surface area contributed by atoms with Gasteiger partial charge in [-0.2, -0.15) is 0 Å². The highest BCUT2D eigenvalue weighted by Gasteiger charge is 2.38. The van der Waals surface area contributed by atoms with Crippen LogP contribution in [0.3, 0.4) is 0 Å². The Kier molecular flexibility index (Phi) is 2.62. The molecule has 0 saturated heterocycles. The molecular weight excluding hydrogens is 148 g/mol. The minimum Gasteiger partial charge on any atom is -0.385 e. The molecule has 70 valence electrons. The molecule has 0 aromatic rings. The van der Waals surface area contributed by atoms with Crippen LogP contribution in [0.1, 0.15) is 40.0 Å². The maximum atomic E-state index is 10.2. The molecule has 1 N–H and O–H groups in total. The van der Waals surface area contributed by atoms with Gasteiger partial charge in [-0.15, -0.1) is 0 Å². The van der Waals surface area contributed by atoms with Crippen molar-refractivity contribution in [1.29, 1.82) is 0 Å². The molecule has 3 unspecified atom stereocenters. The van der Waals surface area contributed by atoms with Crippen LogP contribution in [0.5, 0.6) is 0 Å². The second kappa shape index (κ2) is 3.21. The van der Waals surface area contributed by atoms with E-state index in [-0.39, 0.29) is 0 Å². The lowest BCUT2D eigenvalue weighted by Gasteiger charge is -2.41. The predicted molar refractivity (Wildman–Crippen MR) is 51.9 cm³/mol. The van der Waals surface area contributed by atoms with E-state index in [0.29, 0.717) is 5.92 Å². The summed E-state index contributed by atoms with van der Waals surface area (Å²) in [4.78, 5) is 0. The van der Waals surface area contributed by atoms with Crippen molar-refractivity contribution in [2.24, 2.45) is 11.8 Å². The molecule has 0 spiro atoms. The zero-order valence-electron chi connectivity index (χ0n) is 8.43. The molecule has 0 heterocycles. The minimum absolute atomic E-state index is 0.374. The third kappa shape index (κ3) is 1.56. The second-order valence-electron chi connectivity index (χ2n) is 4.49. The first-order valence-electron chi connectivity index (χ1n) is 4.85. The Hall–Kier alpha value is -0.300. The Balaban J connectivity index is 2.72. The standard InChI is InChI=1S/C11H20O/c1-8(2)11(12)6-5-9(3)7-10(11)4/h9-10,12H,1,5-7H2,2-4H3. The van der Waals surface area contributed by atoms with E-state index in [0.717, 1.165) is 30.8 Å². The summed E-state index contributed by atoms with van der Waals surface area (Å²) in [5.41, 5.74) is 0.355. The topological polar surface area (TPSA) is 20.2 Å². The van der Waals surface area contributed by atoms with Crippen LogP contribution in [0.15, 0.2) is 12.2 Å². The molecule has 0 radical (unpaired) electrons. The number of aliphatic hydroxyl groups is 1. The van der Waals surface area contributed by atoms with E-state index in [2.05, 4.69) is 20.4 Å². The van der Waals surface area contributed by atoms with Crippen LogP contribution < -0.4 is 0 Å². The first-order chi connectivity index (χ1) is 5.47. The first-order valence-corrected chi connectivity index (χ1v) is 4.85. The summed E-state index contributed by atoms with van der Waals surface area (Å²) in [7, 11) is 0. The van der Waals surface area contributed by atoms with Gasteiger partial charge in [0.1, 0.15) is 0 Å². The maximum absolute atomic E-state index is 10.2. The molecule has 3 atom stereocenters. The average Bonchev–Trinajstić information content (AvgIpc) is 1.97. The van der Waals surface area contributed by atoms with Gasteiger partial charge >= 0.3 is 0 Å². The highest BCUT2D eigenvalue weighted by Crippen LogP contribution is 2.40. The fourth-order valence-electron chi connectivity index (χ4n) is 2.26. The molecule has 0 amide bonds. The Morgan fingerprint density at radius 3 is 2.50 bits per heavy atom. The average molecular weight is 168 g/mol. The maximum Gasteiger partial charge on any atom is 0.0877 e. The Bertz CT molecular complexity index is 185. The summed E-state index contributed by atoms with van der Waals surface area (Å²) < 4.78 is 0. The van der Waals surface area contributed by atoms with Gasteiger partial charge in [0, 0.05) is 0 Å². The van der Waals surface area contributed by atoms with Gasteiger partial charge in [-0.1, -0.05) is 20.4 Å². The molecule has 1 nitrogen and oxygen atoms in total. The van der Waals surface area contributed by atoms with E-state index in [9.17, 15) is 5.11 Å². The molecule has 1 fully saturated rings. The molecule has 0 bridgehead atoms. The smallest absolute Gasteiger partial charge is 0.0877 e. The number of rotatable bonds is 1. The summed E-state index contributed by atoms with van der Waals surface area (Å²) in [5.74, 6) is 1.14. The molecule has 1 heteroatoms. The molecule has 1 aliphatic rings. The first kappa shape index (κ1) is 9.79. The van der Waals surface area contributed by atoms with Crippen molar-refractivity contribution < 1.29 is 5.11 Å². The van der Waals surface area contributed by atoms with Crippen LogP contribution in [0, 0.1) is 11.8 Å². The van der Waals surface area contributed by atoms with Crippen molar-refractivity contribution in [1.82, 2.24) is 0 Å². The van der Waals surface area contributed by atoms with Crippen LogP contribution in [0.4, 0.5) is 0 Å². The zero-order chi connectivity index (χ0) is 9.35. The fourth-order valence-corrected chi connectivity index (χ4v) is 2.26. The second-order valence-corrected chi connectivity index (χ2v) is 4.49. The summed E-state index contributed by atoms with van der Waals surface area (Å²) in [6.45, 7) is 10.2. The highest BCUT2D eigenvalue weighted by atomic mass is 16.3. The lowest BCUT2D eigenvalue weighted by molar-refractivity contribution is -0.0203. The van der Waals surface area contributed by atoms with Crippen molar-refractivity contribution in [3.05, 3.63) is 12.2 Å². The van der Waals surface area contributed by atoms with Gasteiger partial charge in [0.2, 0.25) is 0 Å². The van der Waals surface area contributed by atoms with E-state index in [1.165, 1.54) is 0 Å². The van der Waals surface area contributed by atoms with E-state index < -0.39 is 5.60 Å². The van der Waals surface area contributed by atoms with Crippen LogP contribution in [-0.4, -0.2) is 10.7 Å². The summed E-state index contributed by atoms with van der Waals surface area (Å²) in [5, 5.41) is 10.2. The van der Waals surface area contributed by atoms with Gasteiger partial charge in [-0.05, 0) is 43.6 Å². The molecular formula is C11H20O. The van der Waals surface area contributed by atoms with Crippen molar-refractivity contribution in [3.63, 3.8) is 0 Å². The quantitative estimate of drug-likeness (QED) is 0.597. The van der Waals surface area contributed by atoms with Crippen molar-refractivity contribution >= 4 is 0 Å². The van der Waals surface area contributed by atoms with Crippen molar-refractivity contribution in [2.75, 3.05) is 0 Å². The van der Waals surface area contributed by atoms with Gasteiger partial charge in [-0.25, -0.2) is 0 Å². The van der Waals surface area contributed by atoms with Gasteiger partial charge in [0.25, 0.3) is 0 Å². The Morgan fingerprint density at radius 2 is 2.08 bits per heavy atom. The van der Waals surface area contributed by atoms with E-state index in [1.54, 1.807) is 0 Å². The molecule has 0 aromatic heterocycles. The van der Waals surface area contributed by atoms with Crippen molar-refractivity contribution in [3.8, 4) is 0 Å². The summed E-state index contributed by atoms with van der Waals surface area (Å²) in [6.07, 6.45) is 3.15.